The molecule has 1 amide bonds. The fourth-order valence-electron chi connectivity index (χ4n) is 2.57. The zero-order chi connectivity index (χ0) is 14.4. The van der Waals surface area contributed by atoms with Gasteiger partial charge in [-0.2, -0.15) is 0 Å². The average molecular weight is 275 g/mol. The molecular formula is C16H21NO3. The molecule has 1 aromatic carbocycles. The fraction of sp³-hybridized carbons (Fsp3) is 0.500. The zero-order valence-electron chi connectivity index (χ0n) is 11.9. The Kier molecular flexibility index (Phi) is 5.16. The summed E-state index contributed by atoms with van der Waals surface area (Å²) in [7, 11) is 1.54. The van der Waals surface area contributed by atoms with Gasteiger partial charge in [0.25, 0.3) is 5.91 Å². The Morgan fingerprint density at radius 1 is 1.15 bits per heavy atom. The molecule has 1 aliphatic rings. The second kappa shape index (κ2) is 7.08. The first kappa shape index (κ1) is 14.6. The van der Waals surface area contributed by atoms with Gasteiger partial charge in [-0.15, -0.1) is 0 Å². The van der Waals surface area contributed by atoms with E-state index in [4.69, 9.17) is 4.74 Å². The van der Waals surface area contributed by atoms with Gasteiger partial charge in [-0.3, -0.25) is 9.59 Å². The molecule has 0 spiro atoms. The highest BCUT2D eigenvalue weighted by Gasteiger charge is 2.21. The van der Waals surface area contributed by atoms with E-state index in [2.05, 4.69) is 5.32 Å². The highest BCUT2D eigenvalue weighted by molar-refractivity contribution is 6.42. The molecule has 2 rings (SSSR count). The van der Waals surface area contributed by atoms with E-state index in [-0.39, 0.29) is 6.04 Å². The summed E-state index contributed by atoms with van der Waals surface area (Å²) in [5.41, 5.74) is 0.371. The molecule has 1 aliphatic carbocycles. The number of benzene rings is 1. The molecule has 4 heteroatoms. The molecule has 4 nitrogen and oxygen atoms in total. The van der Waals surface area contributed by atoms with Gasteiger partial charge in [0.05, 0.1) is 7.11 Å². The smallest absolute Gasteiger partial charge is 0.292 e. The van der Waals surface area contributed by atoms with Crippen LogP contribution in [0.4, 0.5) is 0 Å². The minimum absolute atomic E-state index is 0.138. The van der Waals surface area contributed by atoms with Crippen LogP contribution in [0.25, 0.3) is 0 Å². The number of ketones is 1. The fourth-order valence-corrected chi connectivity index (χ4v) is 2.57. The van der Waals surface area contributed by atoms with Crippen LogP contribution in [0.5, 0.6) is 5.75 Å². The van der Waals surface area contributed by atoms with Crippen LogP contribution < -0.4 is 10.1 Å². The van der Waals surface area contributed by atoms with Gasteiger partial charge in [0, 0.05) is 11.6 Å². The molecule has 0 saturated heterocycles. The van der Waals surface area contributed by atoms with Crippen LogP contribution in [0.1, 0.15) is 48.9 Å². The molecule has 1 N–H and O–H groups in total. The van der Waals surface area contributed by atoms with Gasteiger partial charge in [-0.05, 0) is 25.0 Å². The van der Waals surface area contributed by atoms with Crippen LogP contribution in [0.15, 0.2) is 24.3 Å². The van der Waals surface area contributed by atoms with Gasteiger partial charge in [0.2, 0.25) is 5.78 Å². The second-order valence-corrected chi connectivity index (χ2v) is 5.22. The van der Waals surface area contributed by atoms with Gasteiger partial charge in [0.15, 0.2) is 0 Å². The summed E-state index contributed by atoms with van der Waals surface area (Å²) in [6, 6.07) is 6.83. The van der Waals surface area contributed by atoms with E-state index in [1.54, 1.807) is 24.3 Å². The van der Waals surface area contributed by atoms with E-state index in [1.165, 1.54) is 20.0 Å². The third-order valence-corrected chi connectivity index (χ3v) is 3.73. The van der Waals surface area contributed by atoms with Crippen LogP contribution in [-0.4, -0.2) is 24.8 Å². The summed E-state index contributed by atoms with van der Waals surface area (Å²) < 4.78 is 5.07. The quantitative estimate of drug-likeness (QED) is 0.522. The first-order chi connectivity index (χ1) is 9.70. The lowest BCUT2D eigenvalue weighted by atomic mass is 10.1. The van der Waals surface area contributed by atoms with Crippen molar-refractivity contribution in [1.29, 1.82) is 0 Å². The van der Waals surface area contributed by atoms with E-state index in [0.29, 0.717) is 11.3 Å². The molecule has 0 radical (unpaired) electrons. The Balaban J connectivity index is 1.98. The Bertz CT molecular complexity index is 476. The predicted molar refractivity (Wildman–Crippen MR) is 77.0 cm³/mol. The first-order valence-electron chi connectivity index (χ1n) is 7.20. The summed E-state index contributed by atoms with van der Waals surface area (Å²) >= 11 is 0. The lowest BCUT2D eigenvalue weighted by molar-refractivity contribution is -0.117. The monoisotopic (exact) mass is 275 g/mol. The Labute approximate surface area is 119 Å². The van der Waals surface area contributed by atoms with Gasteiger partial charge in [-0.1, -0.05) is 37.8 Å². The number of methoxy groups -OCH3 is 1. The number of rotatable bonds is 4. The lowest BCUT2D eigenvalue weighted by Crippen LogP contribution is -2.39. The van der Waals surface area contributed by atoms with E-state index >= 15 is 0 Å². The lowest BCUT2D eigenvalue weighted by Gasteiger charge is -2.15. The van der Waals surface area contributed by atoms with Gasteiger partial charge < -0.3 is 10.1 Å². The molecule has 0 unspecified atom stereocenters. The highest BCUT2D eigenvalue weighted by atomic mass is 16.5. The number of ether oxygens (including phenoxy) is 1. The summed E-state index contributed by atoms with van der Waals surface area (Å²) in [5, 5.41) is 2.87. The summed E-state index contributed by atoms with van der Waals surface area (Å²) in [6.07, 6.45) is 6.62. The Hall–Kier alpha value is -1.84. The summed E-state index contributed by atoms with van der Waals surface area (Å²) in [5.74, 6) is -0.420. The van der Waals surface area contributed by atoms with E-state index in [1.807, 2.05) is 0 Å². The van der Waals surface area contributed by atoms with E-state index in [9.17, 15) is 9.59 Å². The molecule has 1 fully saturated rings. The molecule has 0 aliphatic heterocycles. The van der Waals surface area contributed by atoms with Crippen molar-refractivity contribution in [2.45, 2.75) is 44.6 Å². The van der Waals surface area contributed by atoms with E-state index < -0.39 is 11.7 Å². The molecule has 1 saturated carbocycles. The minimum atomic E-state index is -0.509. The molecular weight excluding hydrogens is 254 g/mol. The Morgan fingerprint density at radius 3 is 2.50 bits per heavy atom. The van der Waals surface area contributed by atoms with Crippen LogP contribution in [-0.2, 0) is 4.79 Å². The topological polar surface area (TPSA) is 55.4 Å². The Morgan fingerprint density at radius 2 is 1.85 bits per heavy atom. The van der Waals surface area contributed by atoms with Crippen molar-refractivity contribution in [1.82, 2.24) is 5.32 Å². The second-order valence-electron chi connectivity index (χ2n) is 5.22. The number of hydrogen-bond acceptors (Lipinski definition) is 3. The zero-order valence-corrected chi connectivity index (χ0v) is 11.9. The molecule has 0 bridgehead atoms. The molecule has 0 heterocycles. The molecule has 1 aromatic rings. The van der Waals surface area contributed by atoms with Crippen molar-refractivity contribution in [2.24, 2.45) is 0 Å². The number of hydrogen-bond donors (Lipinski definition) is 1. The number of nitrogens with one attached hydrogen (secondary N) is 1. The third-order valence-electron chi connectivity index (χ3n) is 3.73. The van der Waals surface area contributed by atoms with Gasteiger partial charge >= 0.3 is 0 Å². The summed E-state index contributed by atoms with van der Waals surface area (Å²) in [4.78, 5) is 24.1. The maximum absolute atomic E-state index is 12.1. The number of Topliss-reactive ketones (excluding diaryl/α,β-unsaturated/α-hetero) is 1. The van der Waals surface area contributed by atoms with Crippen molar-refractivity contribution in [3.05, 3.63) is 29.8 Å². The van der Waals surface area contributed by atoms with Crippen LogP contribution in [0.2, 0.25) is 0 Å². The van der Waals surface area contributed by atoms with Crippen molar-refractivity contribution in [3.63, 3.8) is 0 Å². The van der Waals surface area contributed by atoms with Gasteiger partial charge in [-0.25, -0.2) is 0 Å². The van der Waals surface area contributed by atoms with E-state index in [0.717, 1.165) is 25.7 Å². The van der Waals surface area contributed by atoms with Crippen LogP contribution >= 0.6 is 0 Å². The standard InChI is InChI=1S/C16H21NO3/c1-20-14-10-6-7-12(11-14)15(18)16(19)17-13-8-4-2-3-5-9-13/h6-7,10-11,13H,2-5,8-9H2,1H3,(H,17,19). The van der Waals surface area contributed by atoms with Crippen LogP contribution in [0.3, 0.4) is 0 Å². The highest BCUT2D eigenvalue weighted by Crippen LogP contribution is 2.18. The number of carbonyl (C=O) groups excluding carboxylic acids is 2. The molecule has 20 heavy (non-hydrogen) atoms. The third kappa shape index (κ3) is 3.83. The largest absolute Gasteiger partial charge is 0.497 e. The van der Waals surface area contributed by atoms with Crippen molar-refractivity contribution in [2.75, 3.05) is 7.11 Å². The average Bonchev–Trinajstić information content (AvgIpc) is 2.75. The molecule has 108 valence electrons. The van der Waals surface area contributed by atoms with Gasteiger partial charge in [0.1, 0.15) is 5.75 Å². The molecule has 0 aromatic heterocycles. The minimum Gasteiger partial charge on any atom is -0.497 e. The van der Waals surface area contributed by atoms with Crippen molar-refractivity contribution in [3.8, 4) is 5.75 Å². The number of amides is 1. The maximum atomic E-state index is 12.1. The maximum Gasteiger partial charge on any atom is 0.292 e. The van der Waals surface area contributed by atoms with Crippen molar-refractivity contribution >= 4 is 11.7 Å². The first-order valence-corrected chi connectivity index (χ1v) is 7.20. The molecule has 0 atom stereocenters. The van der Waals surface area contributed by atoms with Crippen molar-refractivity contribution < 1.29 is 14.3 Å². The summed E-state index contributed by atoms with van der Waals surface area (Å²) in [6.45, 7) is 0. The SMILES string of the molecule is COc1cccc(C(=O)C(=O)NC2CCCCCC2)c1. The number of carbonyl (C=O) groups is 2. The van der Waals surface area contributed by atoms with Crippen LogP contribution in [0, 0.1) is 0 Å². The predicted octanol–water partition coefficient (Wildman–Crippen LogP) is 2.72. The normalized spacial score (nSPS) is 16.2.